The molecule has 2 aromatic rings. The van der Waals surface area contributed by atoms with Crippen molar-refractivity contribution in [2.45, 2.75) is 38.7 Å². The summed E-state index contributed by atoms with van der Waals surface area (Å²) in [6, 6.07) is 17.7. The molecule has 0 aromatic heterocycles. The van der Waals surface area contributed by atoms with Gasteiger partial charge in [0.1, 0.15) is 5.71 Å². The molecule has 0 fully saturated rings. The summed E-state index contributed by atoms with van der Waals surface area (Å²) in [6.45, 7) is 3.20. The van der Waals surface area contributed by atoms with E-state index in [1.54, 1.807) is 68.4 Å². The SMILES string of the molecule is CCC(CC)(C(=O)O)C(=O)OC1(Cc2ccccc2)C(=O)ON=C1c1ccccc1. The van der Waals surface area contributed by atoms with Crippen LogP contribution >= 0.6 is 0 Å². The van der Waals surface area contributed by atoms with Crippen molar-refractivity contribution in [1.29, 1.82) is 0 Å². The molecule has 0 saturated carbocycles. The predicted molar refractivity (Wildman–Crippen MR) is 109 cm³/mol. The Morgan fingerprint density at radius 3 is 2.13 bits per heavy atom. The fourth-order valence-electron chi connectivity index (χ4n) is 3.56. The minimum absolute atomic E-state index is 0.0198. The average Bonchev–Trinajstić information content (AvgIpc) is 3.06. The van der Waals surface area contributed by atoms with E-state index in [2.05, 4.69) is 5.16 Å². The number of rotatable bonds is 8. The van der Waals surface area contributed by atoms with Gasteiger partial charge >= 0.3 is 17.9 Å². The standard InChI is InChI=1S/C23H23NO6/c1-3-22(4-2,19(25)26)20(27)29-23(15-16-11-7-5-8-12-16)18(24-30-21(23)28)17-13-9-6-10-14-17/h5-14H,3-4,15H2,1-2H3,(H,25,26). The highest BCUT2D eigenvalue weighted by Crippen LogP contribution is 2.36. The number of oxime groups is 1. The van der Waals surface area contributed by atoms with Crippen LogP contribution in [-0.4, -0.2) is 34.3 Å². The highest BCUT2D eigenvalue weighted by molar-refractivity contribution is 6.22. The molecule has 0 radical (unpaired) electrons. The van der Waals surface area contributed by atoms with E-state index in [-0.39, 0.29) is 25.0 Å². The summed E-state index contributed by atoms with van der Waals surface area (Å²) in [5, 5.41) is 13.7. The lowest BCUT2D eigenvalue weighted by Crippen LogP contribution is -2.53. The van der Waals surface area contributed by atoms with Gasteiger partial charge < -0.3 is 14.7 Å². The van der Waals surface area contributed by atoms with Gasteiger partial charge in [0.15, 0.2) is 5.41 Å². The van der Waals surface area contributed by atoms with Crippen LogP contribution in [0.2, 0.25) is 0 Å². The second kappa shape index (κ2) is 8.49. The predicted octanol–water partition coefficient (Wildman–Crippen LogP) is 3.36. The molecule has 1 atom stereocenters. The lowest BCUT2D eigenvalue weighted by molar-refractivity contribution is -0.183. The maximum atomic E-state index is 13.2. The highest BCUT2D eigenvalue weighted by atomic mass is 16.7. The van der Waals surface area contributed by atoms with Gasteiger partial charge in [0.25, 0.3) is 5.60 Å². The molecule has 1 heterocycles. The van der Waals surface area contributed by atoms with Crippen LogP contribution in [0, 0.1) is 5.41 Å². The molecule has 1 N–H and O–H groups in total. The van der Waals surface area contributed by atoms with Crippen molar-refractivity contribution in [2.75, 3.05) is 0 Å². The molecule has 1 aliphatic heterocycles. The summed E-state index contributed by atoms with van der Waals surface area (Å²) >= 11 is 0. The molecule has 156 valence electrons. The first kappa shape index (κ1) is 21.2. The van der Waals surface area contributed by atoms with Crippen LogP contribution in [0.25, 0.3) is 0 Å². The molecule has 0 spiro atoms. The Balaban J connectivity index is 2.11. The molecule has 3 rings (SSSR count). The lowest BCUT2D eigenvalue weighted by Gasteiger charge is -2.32. The highest BCUT2D eigenvalue weighted by Gasteiger charge is 2.57. The Bertz CT molecular complexity index is 966. The Hall–Kier alpha value is -3.48. The van der Waals surface area contributed by atoms with Gasteiger partial charge in [-0.3, -0.25) is 9.59 Å². The van der Waals surface area contributed by atoms with Gasteiger partial charge in [0.05, 0.1) is 0 Å². The van der Waals surface area contributed by atoms with Crippen LogP contribution in [0.4, 0.5) is 0 Å². The number of nitrogens with zero attached hydrogens (tertiary/aromatic N) is 1. The first-order valence-corrected chi connectivity index (χ1v) is 9.75. The topological polar surface area (TPSA) is 102 Å². The maximum Gasteiger partial charge on any atom is 0.385 e. The van der Waals surface area contributed by atoms with E-state index in [1.807, 2.05) is 6.07 Å². The maximum absolute atomic E-state index is 13.2. The molecule has 1 aliphatic rings. The van der Waals surface area contributed by atoms with Crippen molar-refractivity contribution in [2.24, 2.45) is 10.6 Å². The number of carbonyl (C=O) groups is 3. The van der Waals surface area contributed by atoms with Crippen LogP contribution in [0.3, 0.4) is 0 Å². The lowest BCUT2D eigenvalue weighted by atomic mass is 9.81. The number of carboxylic acid groups (broad SMARTS) is 1. The van der Waals surface area contributed by atoms with E-state index >= 15 is 0 Å². The zero-order valence-corrected chi connectivity index (χ0v) is 16.8. The van der Waals surface area contributed by atoms with E-state index in [9.17, 15) is 19.5 Å². The average molecular weight is 409 g/mol. The second-order valence-electron chi connectivity index (χ2n) is 7.16. The van der Waals surface area contributed by atoms with E-state index in [0.717, 1.165) is 0 Å². The quantitative estimate of drug-likeness (QED) is 0.407. The van der Waals surface area contributed by atoms with Gasteiger partial charge in [-0.25, -0.2) is 4.79 Å². The number of hydrogen-bond acceptors (Lipinski definition) is 6. The number of carboxylic acids is 1. The van der Waals surface area contributed by atoms with Gasteiger partial charge in [-0.05, 0) is 18.4 Å². The second-order valence-corrected chi connectivity index (χ2v) is 7.16. The Morgan fingerprint density at radius 1 is 1.03 bits per heavy atom. The fourth-order valence-corrected chi connectivity index (χ4v) is 3.56. The third-order valence-corrected chi connectivity index (χ3v) is 5.55. The van der Waals surface area contributed by atoms with E-state index < -0.39 is 28.9 Å². The third-order valence-electron chi connectivity index (χ3n) is 5.55. The minimum atomic E-state index is -1.88. The number of aliphatic carboxylic acids is 1. The zero-order chi connectivity index (χ0) is 21.8. The van der Waals surface area contributed by atoms with Gasteiger partial charge in [-0.1, -0.05) is 79.7 Å². The van der Waals surface area contributed by atoms with Crippen molar-refractivity contribution in [1.82, 2.24) is 0 Å². The molecule has 2 aromatic carbocycles. The summed E-state index contributed by atoms with van der Waals surface area (Å²) < 4.78 is 5.77. The van der Waals surface area contributed by atoms with Crippen LogP contribution in [0.1, 0.15) is 37.8 Å². The molecule has 0 saturated heterocycles. The number of benzene rings is 2. The summed E-state index contributed by atoms with van der Waals surface area (Å²) in [6.07, 6.45) is 0.00710. The van der Waals surface area contributed by atoms with E-state index in [4.69, 9.17) is 9.57 Å². The van der Waals surface area contributed by atoms with Gasteiger partial charge in [-0.2, -0.15) is 0 Å². The molecule has 1 unspecified atom stereocenters. The monoisotopic (exact) mass is 409 g/mol. The summed E-state index contributed by atoms with van der Waals surface area (Å²) in [7, 11) is 0. The van der Waals surface area contributed by atoms with Crippen LogP contribution in [0.15, 0.2) is 65.8 Å². The summed E-state index contributed by atoms with van der Waals surface area (Å²) in [4.78, 5) is 43.0. The van der Waals surface area contributed by atoms with Gasteiger partial charge in [-0.15, -0.1) is 0 Å². The Labute approximate surface area is 174 Å². The van der Waals surface area contributed by atoms with Crippen molar-refractivity contribution >= 4 is 23.6 Å². The van der Waals surface area contributed by atoms with Crippen molar-refractivity contribution < 1.29 is 29.1 Å². The molecular formula is C23H23NO6. The number of esters is 1. The molecular weight excluding hydrogens is 386 g/mol. The van der Waals surface area contributed by atoms with Crippen LogP contribution in [0.5, 0.6) is 0 Å². The molecule has 7 nitrogen and oxygen atoms in total. The van der Waals surface area contributed by atoms with Crippen molar-refractivity contribution in [3.05, 3.63) is 71.8 Å². The zero-order valence-electron chi connectivity index (χ0n) is 16.8. The molecule has 0 amide bonds. The summed E-state index contributed by atoms with van der Waals surface area (Å²) in [5.74, 6) is -3.14. The number of hydrogen-bond donors (Lipinski definition) is 1. The smallest absolute Gasteiger partial charge is 0.385 e. The number of carbonyl (C=O) groups excluding carboxylic acids is 2. The summed E-state index contributed by atoms with van der Waals surface area (Å²) in [5.41, 5.74) is -2.27. The van der Waals surface area contributed by atoms with Crippen LogP contribution in [-0.2, 0) is 30.4 Å². The molecule has 7 heteroatoms. The van der Waals surface area contributed by atoms with E-state index in [1.165, 1.54) is 0 Å². The number of ether oxygens (including phenoxy) is 1. The van der Waals surface area contributed by atoms with Crippen molar-refractivity contribution in [3.8, 4) is 0 Å². The Kier molecular flexibility index (Phi) is 6.01. The third kappa shape index (κ3) is 3.58. The van der Waals surface area contributed by atoms with Gasteiger partial charge in [0.2, 0.25) is 0 Å². The first-order valence-electron chi connectivity index (χ1n) is 9.75. The minimum Gasteiger partial charge on any atom is -0.480 e. The van der Waals surface area contributed by atoms with Gasteiger partial charge in [0, 0.05) is 12.0 Å². The largest absolute Gasteiger partial charge is 0.480 e. The fraction of sp³-hybridized carbons (Fsp3) is 0.304. The molecule has 0 bridgehead atoms. The Morgan fingerprint density at radius 2 is 1.60 bits per heavy atom. The molecule has 0 aliphatic carbocycles. The molecule has 30 heavy (non-hydrogen) atoms. The van der Waals surface area contributed by atoms with Crippen LogP contribution < -0.4 is 0 Å². The normalized spacial score (nSPS) is 18.5. The first-order chi connectivity index (χ1) is 14.4. The van der Waals surface area contributed by atoms with Crippen molar-refractivity contribution in [3.63, 3.8) is 0 Å². The van der Waals surface area contributed by atoms with E-state index in [0.29, 0.717) is 11.1 Å².